The predicted molar refractivity (Wildman–Crippen MR) is 199 cm³/mol. The fourth-order valence-electron chi connectivity index (χ4n) is 6.57. The van der Waals surface area contributed by atoms with Crippen LogP contribution in [0.4, 0.5) is 5.69 Å². The Balaban J connectivity index is 0.0000101. The van der Waals surface area contributed by atoms with Crippen molar-refractivity contribution in [3.05, 3.63) is 59.8 Å². The molecule has 17 heteroatoms. The second-order valence-electron chi connectivity index (χ2n) is 15.4. The predicted octanol–water partition coefficient (Wildman–Crippen LogP) is -0.487. The summed E-state index contributed by atoms with van der Waals surface area (Å²) in [5.41, 5.74) is 2.25. The Morgan fingerprint density at radius 3 is 2.28 bits per heavy atom. The van der Waals surface area contributed by atoms with E-state index in [0.29, 0.717) is 42.9 Å². The number of unbranched alkanes of at least 4 members (excludes halogenated alkanes) is 2. The van der Waals surface area contributed by atoms with Crippen LogP contribution in [0.3, 0.4) is 0 Å². The van der Waals surface area contributed by atoms with E-state index in [2.05, 4.69) is 36.1 Å². The van der Waals surface area contributed by atoms with E-state index in [1.165, 1.54) is 12.1 Å². The average Bonchev–Trinajstić information content (AvgIpc) is 3.38. The van der Waals surface area contributed by atoms with Gasteiger partial charge < -0.3 is 28.8 Å². The van der Waals surface area contributed by atoms with Gasteiger partial charge in [-0.15, -0.1) is 0 Å². The Hall–Kier alpha value is -2.70. The number of nitrogens with zero attached hydrogens (tertiary/aromatic N) is 4. The zero-order chi connectivity index (χ0) is 39.8. The third-order valence-electron chi connectivity index (χ3n) is 9.78. The van der Waals surface area contributed by atoms with Crippen LogP contribution in [0.2, 0.25) is 0 Å². The first-order valence-electron chi connectivity index (χ1n) is 17.8. The number of amides is 1. The van der Waals surface area contributed by atoms with E-state index in [4.69, 9.17) is 0 Å². The number of allylic oxidation sites excluding steroid dienone is 6. The van der Waals surface area contributed by atoms with Gasteiger partial charge in [0.15, 0.2) is 5.71 Å². The molecule has 1 aromatic carbocycles. The molecule has 0 bridgehead atoms. The molecule has 2 heterocycles. The summed E-state index contributed by atoms with van der Waals surface area (Å²) in [5.74, 6) is -1.74. The van der Waals surface area contributed by atoms with Crippen molar-refractivity contribution in [2.75, 3.05) is 53.1 Å². The quantitative estimate of drug-likeness (QED) is 0.0448. The van der Waals surface area contributed by atoms with Crippen molar-refractivity contribution in [2.24, 2.45) is 10.5 Å². The number of rotatable bonds is 20. The van der Waals surface area contributed by atoms with Crippen molar-refractivity contribution < 1.29 is 79.3 Å². The summed E-state index contributed by atoms with van der Waals surface area (Å²) in [7, 11) is -2.89. The van der Waals surface area contributed by atoms with Gasteiger partial charge in [0.05, 0.1) is 54.7 Å². The van der Waals surface area contributed by atoms with Crippen LogP contribution in [-0.2, 0) is 35.2 Å². The Morgan fingerprint density at radius 1 is 0.981 bits per heavy atom. The minimum absolute atomic E-state index is 0. The van der Waals surface area contributed by atoms with E-state index < -0.39 is 42.8 Å². The maximum absolute atomic E-state index is 12.3. The Labute approximate surface area is 343 Å². The summed E-state index contributed by atoms with van der Waals surface area (Å²) >= 11 is 0. The SMILES string of the molecule is CC1=NN(CCCS(=O)(=O)[O-])/C(=C/C=C/C=C/C2=[N+](CCCCCC(=O)NCC[N+](C)(C)C)c3ccc(S(=O)(=O)[O-])cc3C2(C)C)C1(C)CCC(=O)[O-].[Na+]. The van der Waals surface area contributed by atoms with Crippen molar-refractivity contribution in [3.8, 4) is 0 Å². The van der Waals surface area contributed by atoms with E-state index in [0.717, 1.165) is 35.3 Å². The number of carboxylic acids is 1. The second kappa shape index (κ2) is 19.4. The average molecular weight is 800 g/mol. The zero-order valence-electron chi connectivity index (χ0n) is 32.9. The number of hydrogen-bond acceptors (Lipinski definition) is 11. The van der Waals surface area contributed by atoms with Crippen LogP contribution in [0.15, 0.2) is 64.3 Å². The molecule has 294 valence electrons. The molecule has 0 saturated carbocycles. The van der Waals surface area contributed by atoms with Crippen LogP contribution in [-0.4, -0.2) is 116 Å². The smallest absolute Gasteiger partial charge is 0.748 e. The summed E-state index contributed by atoms with van der Waals surface area (Å²) in [5, 5.41) is 20.5. The number of carboxylic acid groups (broad SMARTS) is 1. The van der Waals surface area contributed by atoms with E-state index in [9.17, 15) is 40.6 Å². The Morgan fingerprint density at radius 2 is 1.67 bits per heavy atom. The summed E-state index contributed by atoms with van der Waals surface area (Å²) in [6.07, 6.45) is 11.8. The van der Waals surface area contributed by atoms with Crippen molar-refractivity contribution in [1.82, 2.24) is 10.3 Å². The van der Waals surface area contributed by atoms with Crippen molar-refractivity contribution in [1.29, 1.82) is 0 Å². The first-order valence-corrected chi connectivity index (χ1v) is 20.8. The standard InChI is InChI=1S/C37H55N5O9S2.Na/c1-28-37(4,21-20-35(44)45)33(41(39-28)24-14-26-52(46,47)48)16-11-8-10-15-32-36(2,3)30-27-29(53(49,50)51)18-19-31(30)40(32)23-13-9-12-17-34(43)38-22-25-42(5,6)7;/h8,10-11,15-16,18-19,27H,9,12-14,17,20-26H2,1-7H3,(H2-2,38,43,44,45,46,47,48,49,50,51);/q;+1/p-1. The number of benzene rings is 1. The minimum atomic E-state index is -4.68. The molecule has 0 aliphatic carbocycles. The third-order valence-corrected chi connectivity index (χ3v) is 11.4. The molecule has 1 unspecified atom stereocenters. The normalized spacial score (nSPS) is 19.5. The van der Waals surface area contributed by atoms with Crippen molar-refractivity contribution in [2.45, 2.75) is 83.0 Å². The second-order valence-corrected chi connectivity index (χ2v) is 18.3. The molecule has 0 saturated heterocycles. The Bertz CT molecular complexity index is 1910. The first-order chi connectivity index (χ1) is 24.5. The monoisotopic (exact) mass is 799 g/mol. The number of hydrazone groups is 1. The van der Waals surface area contributed by atoms with Gasteiger partial charge in [0.2, 0.25) is 11.6 Å². The number of likely N-dealkylation sites (N-methyl/N-ethyl adjacent to an activating group) is 1. The summed E-state index contributed by atoms with van der Waals surface area (Å²) in [6, 6.07) is 4.42. The number of fused-ring (bicyclic) bond motifs is 1. The maximum Gasteiger partial charge on any atom is 1.00 e. The van der Waals surface area contributed by atoms with E-state index in [1.807, 2.05) is 32.9 Å². The number of hydrogen-bond donors (Lipinski definition) is 1. The molecular formula is C37H54N5NaO9S2. The van der Waals surface area contributed by atoms with Gasteiger partial charge in [-0.1, -0.05) is 18.2 Å². The summed E-state index contributed by atoms with van der Waals surface area (Å²) < 4.78 is 72.2. The summed E-state index contributed by atoms with van der Waals surface area (Å²) in [4.78, 5) is 23.4. The maximum atomic E-state index is 12.3. The van der Waals surface area contributed by atoms with Crippen LogP contribution >= 0.6 is 0 Å². The first kappa shape index (κ1) is 47.5. The molecule has 2 aliphatic rings. The van der Waals surface area contributed by atoms with Gasteiger partial charge in [-0.25, -0.2) is 16.8 Å². The summed E-state index contributed by atoms with van der Waals surface area (Å²) in [6.45, 7) is 9.74. The molecule has 14 nitrogen and oxygen atoms in total. The van der Waals surface area contributed by atoms with Crippen molar-refractivity contribution >= 4 is 49.2 Å². The molecule has 1 aromatic rings. The molecule has 1 atom stereocenters. The third kappa shape index (κ3) is 13.5. The van der Waals surface area contributed by atoms with Gasteiger partial charge in [0.1, 0.15) is 16.7 Å². The molecule has 2 aliphatic heterocycles. The molecular weight excluding hydrogens is 746 g/mol. The van der Waals surface area contributed by atoms with Crippen molar-refractivity contribution in [3.63, 3.8) is 0 Å². The number of nitrogens with one attached hydrogen (secondary N) is 1. The molecule has 0 spiro atoms. The number of carbonyl (C=O) groups is 2. The van der Waals surface area contributed by atoms with Crippen LogP contribution in [0.1, 0.15) is 78.2 Å². The van der Waals surface area contributed by atoms with Gasteiger partial charge >= 0.3 is 29.6 Å². The molecule has 3 rings (SSSR count). The van der Waals surface area contributed by atoms with Gasteiger partial charge in [-0.3, -0.25) is 9.80 Å². The largest absolute Gasteiger partial charge is 1.00 e. The molecule has 0 aromatic heterocycles. The molecule has 0 radical (unpaired) electrons. The van der Waals surface area contributed by atoms with Gasteiger partial charge in [-0.05, 0) is 78.0 Å². The topological polar surface area (TPSA) is 202 Å². The molecule has 54 heavy (non-hydrogen) atoms. The van der Waals surface area contributed by atoms with Gasteiger partial charge in [0.25, 0.3) is 0 Å². The fourth-order valence-corrected chi connectivity index (χ4v) is 7.55. The Kier molecular flexibility index (Phi) is 17.1. The van der Waals surface area contributed by atoms with Gasteiger partial charge in [0, 0.05) is 65.6 Å². The number of carbonyl (C=O) groups excluding carboxylic acids is 2. The molecule has 1 N–H and O–H groups in total. The number of quaternary nitrogens is 1. The number of aliphatic carboxylic acids is 1. The van der Waals surface area contributed by atoms with Crippen LogP contribution < -0.4 is 40.0 Å². The molecule has 0 fully saturated rings. The van der Waals surface area contributed by atoms with Gasteiger partial charge in [-0.2, -0.15) is 9.68 Å². The van der Waals surface area contributed by atoms with Crippen LogP contribution in [0, 0.1) is 5.41 Å². The van der Waals surface area contributed by atoms with Crippen LogP contribution in [0.25, 0.3) is 0 Å². The van der Waals surface area contributed by atoms with E-state index in [1.54, 1.807) is 36.2 Å². The van der Waals surface area contributed by atoms with Crippen LogP contribution in [0.5, 0.6) is 0 Å². The minimum Gasteiger partial charge on any atom is -0.748 e. The fraction of sp³-hybridized carbons (Fsp3) is 0.568. The zero-order valence-corrected chi connectivity index (χ0v) is 36.5. The van der Waals surface area contributed by atoms with E-state index in [-0.39, 0.29) is 66.2 Å². The van der Waals surface area contributed by atoms with E-state index >= 15 is 0 Å². The molecule has 1 amide bonds.